The van der Waals surface area contributed by atoms with E-state index in [-0.39, 0.29) is 12.1 Å². The summed E-state index contributed by atoms with van der Waals surface area (Å²) in [5.74, 6) is -0.492. The molecule has 0 amide bonds. The molecule has 0 radical (unpaired) electrons. The molecule has 10 heteroatoms. The van der Waals surface area contributed by atoms with Crippen molar-refractivity contribution >= 4 is 17.1 Å². The summed E-state index contributed by atoms with van der Waals surface area (Å²) in [6.07, 6.45) is 6.11. The molecule has 1 atom stereocenters. The number of fused-ring (bicyclic) bond motifs is 1. The number of ether oxygens (including phenoxy) is 1. The predicted molar refractivity (Wildman–Crippen MR) is 139 cm³/mol. The van der Waals surface area contributed by atoms with E-state index in [4.69, 9.17) is 4.74 Å². The molecule has 1 N–H and O–H groups in total. The highest BCUT2D eigenvalue weighted by molar-refractivity contribution is 5.74. The van der Waals surface area contributed by atoms with Crippen molar-refractivity contribution in [3.05, 3.63) is 76.3 Å². The lowest BCUT2D eigenvalue weighted by Gasteiger charge is -2.32. The Balaban J connectivity index is 1.53. The third kappa shape index (κ3) is 5.06. The molecule has 194 valence electrons. The number of benzene rings is 2. The summed E-state index contributed by atoms with van der Waals surface area (Å²) in [4.78, 5) is 25.1. The van der Waals surface area contributed by atoms with Crippen LogP contribution in [0.4, 0.5) is 14.7 Å². The number of nitrogens with zero attached hydrogens (tertiary/aromatic N) is 5. The number of piperidine rings is 1. The summed E-state index contributed by atoms with van der Waals surface area (Å²) in [5.41, 5.74) is 0.542. The maximum atomic E-state index is 14.5. The van der Waals surface area contributed by atoms with Crippen molar-refractivity contribution in [2.45, 2.75) is 38.3 Å². The van der Waals surface area contributed by atoms with Gasteiger partial charge in [0, 0.05) is 24.2 Å². The molecular weight excluding hydrogens is 478 g/mol. The molecule has 1 fully saturated rings. The van der Waals surface area contributed by atoms with Gasteiger partial charge in [0.2, 0.25) is 5.95 Å². The van der Waals surface area contributed by atoms with Gasteiger partial charge in [-0.3, -0.25) is 4.57 Å². The van der Waals surface area contributed by atoms with Crippen LogP contribution >= 0.6 is 0 Å². The Morgan fingerprint density at radius 3 is 2.68 bits per heavy atom. The van der Waals surface area contributed by atoms with Crippen LogP contribution in [0.15, 0.2) is 53.5 Å². The number of imidazole rings is 1. The van der Waals surface area contributed by atoms with Gasteiger partial charge in [0.05, 0.1) is 25.5 Å². The molecule has 2 aromatic carbocycles. The second-order valence-corrected chi connectivity index (χ2v) is 9.35. The highest BCUT2D eigenvalue weighted by Gasteiger charge is 2.21. The number of halogens is 2. The normalized spacial score (nSPS) is 16.3. The molecule has 8 nitrogen and oxygen atoms in total. The van der Waals surface area contributed by atoms with Crippen LogP contribution in [0, 0.1) is 11.6 Å². The average molecular weight is 509 g/mol. The number of nitrogens with one attached hydrogen (secondary N) is 1. The first-order valence-corrected chi connectivity index (χ1v) is 12.5. The second kappa shape index (κ2) is 10.7. The molecule has 3 heterocycles. The minimum atomic E-state index is -0.721. The Kier molecular flexibility index (Phi) is 7.18. The lowest BCUT2D eigenvalue weighted by atomic mass is 10.0. The van der Waals surface area contributed by atoms with E-state index in [1.54, 1.807) is 31.4 Å². The minimum Gasteiger partial charge on any atom is -0.497 e. The number of methoxy groups -OCH3 is 1. The predicted octanol–water partition coefficient (Wildman–Crippen LogP) is 4.20. The van der Waals surface area contributed by atoms with Crippen LogP contribution in [-0.2, 0) is 6.54 Å². The van der Waals surface area contributed by atoms with Crippen molar-refractivity contribution in [1.29, 1.82) is 0 Å². The van der Waals surface area contributed by atoms with Crippen LogP contribution in [0.5, 0.6) is 5.75 Å². The molecular formula is C27H30F2N6O2. The fourth-order valence-electron chi connectivity index (χ4n) is 4.96. The van der Waals surface area contributed by atoms with Gasteiger partial charge in [-0.1, -0.05) is 18.6 Å². The third-order valence-electron chi connectivity index (χ3n) is 7.05. The average Bonchev–Trinajstić information content (AvgIpc) is 3.17. The van der Waals surface area contributed by atoms with Gasteiger partial charge >= 0.3 is 5.69 Å². The largest absolute Gasteiger partial charge is 0.497 e. The number of aromatic nitrogens is 4. The monoisotopic (exact) mass is 508 g/mol. The lowest BCUT2D eigenvalue weighted by molar-refractivity contribution is 0.179. The Bertz CT molecular complexity index is 1450. The number of likely N-dealkylation sites (tertiary alicyclic amines) is 1. The highest BCUT2D eigenvalue weighted by atomic mass is 19.1. The van der Waals surface area contributed by atoms with E-state index < -0.39 is 17.3 Å². The zero-order valence-electron chi connectivity index (χ0n) is 21.0. The first kappa shape index (κ1) is 24.9. The molecule has 1 unspecified atom stereocenters. The Labute approximate surface area is 213 Å². The maximum Gasteiger partial charge on any atom is 0.335 e. The van der Waals surface area contributed by atoms with Gasteiger partial charge in [-0.15, -0.1) is 0 Å². The van der Waals surface area contributed by atoms with E-state index in [1.165, 1.54) is 52.8 Å². The Morgan fingerprint density at radius 1 is 1.14 bits per heavy atom. The number of rotatable bonds is 8. The number of hydrogen-bond donors (Lipinski definition) is 1. The van der Waals surface area contributed by atoms with Crippen molar-refractivity contribution in [2.24, 2.45) is 0 Å². The van der Waals surface area contributed by atoms with Crippen LogP contribution in [0.1, 0.15) is 31.2 Å². The topological polar surface area (TPSA) is 77.2 Å². The van der Waals surface area contributed by atoms with Crippen LogP contribution in [0.2, 0.25) is 0 Å². The van der Waals surface area contributed by atoms with Gasteiger partial charge < -0.3 is 15.0 Å². The summed E-state index contributed by atoms with van der Waals surface area (Å²) in [5, 5.41) is 3.28. The van der Waals surface area contributed by atoms with Crippen molar-refractivity contribution in [3.8, 4) is 11.4 Å². The van der Waals surface area contributed by atoms with Crippen LogP contribution < -0.4 is 15.7 Å². The van der Waals surface area contributed by atoms with Gasteiger partial charge in [0.25, 0.3) is 0 Å². The number of hydrogen-bond acceptors (Lipinski definition) is 6. The van der Waals surface area contributed by atoms with Gasteiger partial charge in [-0.05, 0) is 57.1 Å². The quantitative estimate of drug-likeness (QED) is 0.384. The summed E-state index contributed by atoms with van der Waals surface area (Å²) in [7, 11) is 3.69. The lowest BCUT2D eigenvalue weighted by Crippen LogP contribution is -2.37. The van der Waals surface area contributed by atoms with Gasteiger partial charge in [-0.25, -0.2) is 23.1 Å². The van der Waals surface area contributed by atoms with E-state index in [1.807, 2.05) is 0 Å². The van der Waals surface area contributed by atoms with Crippen LogP contribution in [0.3, 0.4) is 0 Å². The summed E-state index contributed by atoms with van der Waals surface area (Å²) >= 11 is 0. The molecule has 0 saturated carbocycles. The van der Waals surface area contributed by atoms with E-state index in [2.05, 4.69) is 27.2 Å². The smallest absolute Gasteiger partial charge is 0.335 e. The maximum absolute atomic E-state index is 14.5. The molecule has 0 spiro atoms. The molecule has 1 aliphatic rings. The Morgan fingerprint density at radius 2 is 1.92 bits per heavy atom. The fraction of sp³-hybridized carbons (Fsp3) is 0.370. The van der Waals surface area contributed by atoms with Gasteiger partial charge in [0.1, 0.15) is 22.9 Å². The number of anilines is 1. The molecule has 2 aromatic heterocycles. The molecule has 4 aromatic rings. The second-order valence-electron chi connectivity index (χ2n) is 9.35. The highest BCUT2D eigenvalue weighted by Crippen LogP contribution is 2.23. The van der Waals surface area contributed by atoms with Crippen molar-refractivity contribution < 1.29 is 13.5 Å². The molecule has 1 aliphatic heterocycles. The van der Waals surface area contributed by atoms with Crippen molar-refractivity contribution in [1.82, 2.24) is 24.0 Å². The van der Waals surface area contributed by atoms with E-state index in [0.717, 1.165) is 13.0 Å². The van der Waals surface area contributed by atoms with Crippen molar-refractivity contribution in [2.75, 3.05) is 32.6 Å². The van der Waals surface area contributed by atoms with E-state index >= 15 is 0 Å². The standard InChI is InChI=1S/C27H30F2N6O2/c1-33-14-4-3-7-18(33)12-13-30-26-31-16-24-25(32-26)35(19-8-5-9-20(15-19)37-2)27(36)34(24)17-21-22(28)10-6-11-23(21)29/h5-6,8-11,15-16,18H,3-4,7,12-14,17H2,1-2H3,(H,30,31,32). The summed E-state index contributed by atoms with van der Waals surface area (Å²) in [6, 6.07) is 11.2. The zero-order valence-corrected chi connectivity index (χ0v) is 21.0. The minimum absolute atomic E-state index is 0.201. The summed E-state index contributed by atoms with van der Waals surface area (Å²) in [6.45, 7) is 1.50. The van der Waals surface area contributed by atoms with Crippen LogP contribution in [0.25, 0.3) is 16.9 Å². The van der Waals surface area contributed by atoms with Crippen LogP contribution in [-0.4, -0.2) is 57.3 Å². The molecule has 37 heavy (non-hydrogen) atoms. The van der Waals surface area contributed by atoms with E-state index in [9.17, 15) is 13.6 Å². The van der Waals surface area contributed by atoms with Crippen molar-refractivity contribution in [3.63, 3.8) is 0 Å². The first-order valence-electron chi connectivity index (χ1n) is 12.5. The zero-order chi connectivity index (χ0) is 25.9. The van der Waals surface area contributed by atoms with E-state index in [0.29, 0.717) is 41.1 Å². The molecule has 5 rings (SSSR count). The molecule has 1 saturated heterocycles. The Hall–Kier alpha value is -3.79. The molecule has 0 bridgehead atoms. The van der Waals surface area contributed by atoms with Gasteiger partial charge in [0.15, 0.2) is 5.65 Å². The first-order chi connectivity index (χ1) is 18.0. The molecule has 0 aliphatic carbocycles. The summed E-state index contributed by atoms with van der Waals surface area (Å²) < 4.78 is 37.0. The fourth-order valence-corrected chi connectivity index (χ4v) is 4.96. The van der Waals surface area contributed by atoms with Gasteiger partial charge in [-0.2, -0.15) is 4.98 Å². The third-order valence-corrected chi connectivity index (χ3v) is 7.05. The SMILES string of the molecule is COc1cccc(-n2c(=O)n(Cc3c(F)cccc3F)c3cnc(NCCC4CCCCN4C)nc32)c1.